The third-order valence-electron chi connectivity index (χ3n) is 2.63. The fourth-order valence-electron chi connectivity index (χ4n) is 1.67. The number of hydrogen-bond donors (Lipinski definition) is 1. The number of nitrogens with one attached hydrogen (secondary N) is 1. The van der Waals surface area contributed by atoms with Gasteiger partial charge in [0.1, 0.15) is 5.82 Å². The molecule has 0 amide bonds. The van der Waals surface area contributed by atoms with E-state index in [-0.39, 0.29) is 0 Å². The molecule has 0 aliphatic carbocycles. The molecule has 0 saturated heterocycles. The molecule has 96 valence electrons. The topological polar surface area (TPSA) is 47.0 Å². The molecule has 2 aromatic rings. The molecule has 0 fully saturated rings. The summed E-state index contributed by atoms with van der Waals surface area (Å²) in [6.45, 7) is 3.44. The quantitative estimate of drug-likeness (QED) is 0.870. The lowest BCUT2D eigenvalue weighted by atomic mass is 10.1. The van der Waals surface area contributed by atoms with Gasteiger partial charge in [-0.15, -0.1) is 0 Å². The Morgan fingerprint density at radius 2 is 2.06 bits per heavy atom. The molecule has 0 saturated carbocycles. The minimum atomic E-state index is 0.633. The van der Waals surface area contributed by atoms with Gasteiger partial charge in [0.2, 0.25) is 5.13 Å². The van der Waals surface area contributed by atoms with Crippen LogP contribution >= 0.6 is 11.5 Å². The van der Waals surface area contributed by atoms with Crippen LogP contribution in [0.5, 0.6) is 0 Å². The lowest BCUT2D eigenvalue weighted by Crippen LogP contribution is -2.03. The first-order chi connectivity index (χ1) is 8.83. The number of benzene rings is 1. The lowest BCUT2D eigenvalue weighted by Gasteiger charge is -2.08. The lowest BCUT2D eigenvalue weighted by molar-refractivity contribution is 0.184. The highest BCUT2D eigenvalue weighted by molar-refractivity contribution is 7.09. The van der Waals surface area contributed by atoms with E-state index in [4.69, 9.17) is 4.74 Å². The van der Waals surface area contributed by atoms with Gasteiger partial charge in [-0.05, 0) is 11.1 Å². The first-order valence-corrected chi connectivity index (χ1v) is 6.73. The average Bonchev–Trinajstić information content (AvgIpc) is 2.86. The molecule has 0 unspecified atom stereocenters. The van der Waals surface area contributed by atoms with Crippen molar-refractivity contribution in [3.05, 3.63) is 41.2 Å². The van der Waals surface area contributed by atoms with E-state index < -0.39 is 0 Å². The van der Waals surface area contributed by atoms with Crippen LogP contribution in [0.4, 0.5) is 5.13 Å². The van der Waals surface area contributed by atoms with Gasteiger partial charge in [-0.1, -0.05) is 31.2 Å². The van der Waals surface area contributed by atoms with E-state index in [0.717, 1.165) is 23.9 Å². The number of aromatic nitrogens is 2. The number of anilines is 1. The second kappa shape index (κ2) is 6.47. The molecule has 0 spiro atoms. The second-order valence-electron chi connectivity index (χ2n) is 3.92. The van der Waals surface area contributed by atoms with Gasteiger partial charge in [-0.3, -0.25) is 0 Å². The van der Waals surface area contributed by atoms with Crippen molar-refractivity contribution in [1.82, 2.24) is 9.36 Å². The maximum Gasteiger partial charge on any atom is 0.202 e. The van der Waals surface area contributed by atoms with Gasteiger partial charge < -0.3 is 10.1 Å². The first-order valence-electron chi connectivity index (χ1n) is 5.95. The van der Waals surface area contributed by atoms with Crippen molar-refractivity contribution in [3.8, 4) is 0 Å². The van der Waals surface area contributed by atoms with Crippen LogP contribution in [0.25, 0.3) is 0 Å². The highest BCUT2D eigenvalue weighted by atomic mass is 32.1. The number of hydrogen-bond acceptors (Lipinski definition) is 5. The van der Waals surface area contributed by atoms with E-state index in [0.29, 0.717) is 6.61 Å². The fraction of sp³-hybridized carbons (Fsp3) is 0.385. The Bertz CT molecular complexity index is 498. The van der Waals surface area contributed by atoms with Crippen molar-refractivity contribution >= 4 is 16.7 Å². The third kappa shape index (κ3) is 3.27. The van der Waals surface area contributed by atoms with Gasteiger partial charge in [-0.2, -0.15) is 4.37 Å². The standard InChI is InChI=1S/C13H17N3OS/c1-3-12-15-13(18-16-12)14-8-10-6-4-5-7-11(10)9-17-2/h4-7H,3,8-9H2,1-2H3,(H,14,15,16). The van der Waals surface area contributed by atoms with Gasteiger partial charge >= 0.3 is 0 Å². The highest BCUT2D eigenvalue weighted by Crippen LogP contribution is 2.15. The molecule has 18 heavy (non-hydrogen) atoms. The molecule has 0 aliphatic rings. The molecular formula is C13H17N3OS. The SMILES string of the molecule is CCc1nsc(NCc2ccccc2COC)n1. The number of ether oxygens (including phenoxy) is 1. The van der Waals surface area contributed by atoms with Gasteiger partial charge in [-0.25, -0.2) is 4.98 Å². The summed E-state index contributed by atoms with van der Waals surface area (Å²) in [4.78, 5) is 4.38. The minimum absolute atomic E-state index is 0.633. The van der Waals surface area contributed by atoms with E-state index in [9.17, 15) is 0 Å². The Labute approximate surface area is 111 Å². The van der Waals surface area contributed by atoms with Gasteiger partial charge in [0.25, 0.3) is 0 Å². The van der Waals surface area contributed by atoms with Gasteiger partial charge in [0.15, 0.2) is 0 Å². The molecule has 5 heteroatoms. The number of nitrogens with zero attached hydrogens (tertiary/aromatic N) is 2. The van der Waals surface area contributed by atoms with E-state index in [1.807, 2.05) is 12.1 Å². The second-order valence-corrected chi connectivity index (χ2v) is 4.68. The monoisotopic (exact) mass is 263 g/mol. The number of aryl methyl sites for hydroxylation is 1. The van der Waals surface area contributed by atoms with Crippen LogP contribution in [-0.4, -0.2) is 16.5 Å². The zero-order valence-corrected chi connectivity index (χ0v) is 11.5. The maximum absolute atomic E-state index is 5.19. The predicted molar refractivity (Wildman–Crippen MR) is 73.8 cm³/mol. The van der Waals surface area contributed by atoms with Crippen molar-refractivity contribution in [2.45, 2.75) is 26.5 Å². The molecule has 1 N–H and O–H groups in total. The molecule has 0 bridgehead atoms. The Morgan fingerprint density at radius 3 is 2.72 bits per heavy atom. The summed E-state index contributed by atoms with van der Waals surface area (Å²) in [5.41, 5.74) is 2.43. The first kappa shape index (κ1) is 13.0. The summed E-state index contributed by atoms with van der Waals surface area (Å²) in [6.07, 6.45) is 0.873. The van der Waals surface area contributed by atoms with Crippen molar-refractivity contribution < 1.29 is 4.74 Å². The molecule has 1 heterocycles. The van der Waals surface area contributed by atoms with Crippen LogP contribution in [0.2, 0.25) is 0 Å². The fourth-order valence-corrected chi connectivity index (χ4v) is 2.31. The largest absolute Gasteiger partial charge is 0.380 e. The minimum Gasteiger partial charge on any atom is -0.380 e. The Morgan fingerprint density at radius 1 is 1.28 bits per heavy atom. The predicted octanol–water partition coefficient (Wildman–Crippen LogP) is 2.86. The van der Waals surface area contributed by atoms with Crippen molar-refractivity contribution in [1.29, 1.82) is 0 Å². The molecule has 0 aliphatic heterocycles. The molecule has 0 atom stereocenters. The highest BCUT2D eigenvalue weighted by Gasteiger charge is 2.04. The van der Waals surface area contributed by atoms with Crippen LogP contribution in [0.1, 0.15) is 23.9 Å². The molecule has 2 rings (SSSR count). The van der Waals surface area contributed by atoms with Gasteiger partial charge in [0, 0.05) is 31.6 Å². The van der Waals surface area contributed by atoms with Crippen molar-refractivity contribution in [2.75, 3.05) is 12.4 Å². The van der Waals surface area contributed by atoms with Crippen LogP contribution < -0.4 is 5.32 Å². The van der Waals surface area contributed by atoms with E-state index in [1.54, 1.807) is 7.11 Å². The molecule has 0 radical (unpaired) electrons. The summed E-state index contributed by atoms with van der Waals surface area (Å²) in [7, 11) is 1.71. The van der Waals surface area contributed by atoms with E-state index in [2.05, 4.69) is 33.7 Å². The van der Waals surface area contributed by atoms with Crippen LogP contribution in [0, 0.1) is 0 Å². The van der Waals surface area contributed by atoms with Crippen LogP contribution in [0.3, 0.4) is 0 Å². The normalized spacial score (nSPS) is 10.6. The average molecular weight is 263 g/mol. The summed E-state index contributed by atoms with van der Waals surface area (Å²) in [5.74, 6) is 0.896. The third-order valence-corrected chi connectivity index (χ3v) is 3.34. The van der Waals surface area contributed by atoms with Crippen LogP contribution in [-0.2, 0) is 24.3 Å². The summed E-state index contributed by atoms with van der Waals surface area (Å²) < 4.78 is 9.44. The smallest absolute Gasteiger partial charge is 0.202 e. The molecular weight excluding hydrogens is 246 g/mol. The summed E-state index contributed by atoms with van der Waals surface area (Å²) in [6, 6.07) is 8.24. The molecule has 1 aromatic carbocycles. The zero-order chi connectivity index (χ0) is 12.8. The van der Waals surface area contributed by atoms with E-state index in [1.165, 1.54) is 22.7 Å². The Hall–Kier alpha value is -1.46. The van der Waals surface area contributed by atoms with Crippen molar-refractivity contribution in [3.63, 3.8) is 0 Å². The van der Waals surface area contributed by atoms with Gasteiger partial charge in [0.05, 0.1) is 6.61 Å². The number of rotatable bonds is 6. The van der Waals surface area contributed by atoms with Crippen LogP contribution in [0.15, 0.2) is 24.3 Å². The summed E-state index contributed by atoms with van der Waals surface area (Å²) >= 11 is 1.41. The zero-order valence-electron chi connectivity index (χ0n) is 10.6. The summed E-state index contributed by atoms with van der Waals surface area (Å²) in [5, 5.41) is 4.18. The Kier molecular flexibility index (Phi) is 4.66. The maximum atomic E-state index is 5.19. The Balaban J connectivity index is 2.01. The molecule has 1 aromatic heterocycles. The number of methoxy groups -OCH3 is 1. The van der Waals surface area contributed by atoms with Crippen molar-refractivity contribution in [2.24, 2.45) is 0 Å². The van der Waals surface area contributed by atoms with E-state index >= 15 is 0 Å². The molecule has 4 nitrogen and oxygen atoms in total.